The molecule has 1 unspecified atom stereocenters. The van der Waals surface area contributed by atoms with Crippen LogP contribution in [-0.4, -0.2) is 81.8 Å². The number of hydrogen-bond donors (Lipinski definition) is 0. The van der Waals surface area contributed by atoms with E-state index in [0.717, 1.165) is 18.4 Å². The van der Waals surface area contributed by atoms with Gasteiger partial charge in [0.05, 0.1) is 21.3 Å². The van der Waals surface area contributed by atoms with Gasteiger partial charge in [-0.3, -0.25) is 9.59 Å². The Morgan fingerprint density at radius 2 is 1.69 bits per heavy atom. The zero-order valence-electron chi connectivity index (χ0n) is 17.4. The predicted octanol–water partition coefficient (Wildman–Crippen LogP) is 1.49. The Morgan fingerprint density at radius 3 is 2.28 bits per heavy atom. The van der Waals surface area contributed by atoms with Crippen LogP contribution in [0.3, 0.4) is 0 Å². The predicted molar refractivity (Wildman–Crippen MR) is 107 cm³/mol. The van der Waals surface area contributed by atoms with Crippen LogP contribution < -0.4 is 14.2 Å². The molecule has 0 spiro atoms. The van der Waals surface area contributed by atoms with Crippen LogP contribution in [0, 0.1) is 0 Å². The van der Waals surface area contributed by atoms with Crippen molar-refractivity contribution in [2.24, 2.45) is 0 Å². The molecule has 3 rings (SSSR count). The summed E-state index contributed by atoms with van der Waals surface area (Å²) in [5.74, 6) is 1.84. The lowest BCUT2D eigenvalue weighted by Crippen LogP contribution is -2.52. The van der Waals surface area contributed by atoms with Gasteiger partial charge < -0.3 is 28.7 Å². The topological polar surface area (TPSA) is 77.5 Å². The van der Waals surface area contributed by atoms with Crippen molar-refractivity contribution in [3.8, 4) is 17.2 Å². The average Bonchev–Trinajstić information content (AvgIpc) is 3.31. The summed E-state index contributed by atoms with van der Waals surface area (Å²) in [5, 5.41) is 0. The van der Waals surface area contributed by atoms with Gasteiger partial charge in [-0.05, 0) is 30.9 Å². The van der Waals surface area contributed by atoms with Crippen LogP contribution >= 0.6 is 0 Å². The van der Waals surface area contributed by atoms with E-state index in [0.29, 0.717) is 62.9 Å². The zero-order chi connectivity index (χ0) is 20.8. The molecule has 1 aromatic carbocycles. The van der Waals surface area contributed by atoms with E-state index in [-0.39, 0.29) is 17.9 Å². The van der Waals surface area contributed by atoms with Gasteiger partial charge in [0.15, 0.2) is 11.5 Å². The van der Waals surface area contributed by atoms with Crippen LogP contribution in [0.15, 0.2) is 12.1 Å². The van der Waals surface area contributed by atoms with Gasteiger partial charge in [0.2, 0.25) is 11.7 Å². The third-order valence-corrected chi connectivity index (χ3v) is 5.54. The van der Waals surface area contributed by atoms with E-state index in [9.17, 15) is 9.59 Å². The molecular formula is C21H30N2O6. The van der Waals surface area contributed by atoms with Crippen LogP contribution in [0.4, 0.5) is 0 Å². The number of amides is 2. The maximum absolute atomic E-state index is 12.7. The Hall–Kier alpha value is -2.48. The molecule has 0 aliphatic carbocycles. The van der Waals surface area contributed by atoms with Gasteiger partial charge in [0.25, 0.3) is 5.91 Å². The molecule has 8 nitrogen and oxygen atoms in total. The summed E-state index contributed by atoms with van der Waals surface area (Å²) in [7, 11) is 4.71. The Kier molecular flexibility index (Phi) is 7.19. The molecule has 2 aliphatic rings. The average molecular weight is 406 g/mol. The SMILES string of the molecule is COc1ccc(CCC(=O)N2CCN(C(=O)C3CCCO3)CC2)c(OC)c1OC. The highest BCUT2D eigenvalue weighted by atomic mass is 16.5. The van der Waals surface area contributed by atoms with Gasteiger partial charge in [0.1, 0.15) is 6.10 Å². The van der Waals surface area contributed by atoms with Gasteiger partial charge in [-0.1, -0.05) is 6.07 Å². The lowest BCUT2D eigenvalue weighted by atomic mass is 10.1. The van der Waals surface area contributed by atoms with Gasteiger partial charge in [-0.15, -0.1) is 0 Å². The second kappa shape index (κ2) is 9.82. The van der Waals surface area contributed by atoms with E-state index in [1.165, 1.54) is 0 Å². The van der Waals surface area contributed by atoms with E-state index in [2.05, 4.69) is 0 Å². The van der Waals surface area contributed by atoms with Crippen molar-refractivity contribution < 1.29 is 28.5 Å². The Morgan fingerprint density at radius 1 is 1.00 bits per heavy atom. The molecule has 0 bridgehead atoms. The highest BCUT2D eigenvalue weighted by molar-refractivity contribution is 5.82. The molecule has 29 heavy (non-hydrogen) atoms. The van der Waals surface area contributed by atoms with Crippen LogP contribution in [0.5, 0.6) is 17.2 Å². The summed E-state index contributed by atoms with van der Waals surface area (Å²) >= 11 is 0. The summed E-state index contributed by atoms with van der Waals surface area (Å²) in [4.78, 5) is 28.8. The molecule has 2 aliphatic heterocycles. The number of nitrogens with zero attached hydrogens (tertiary/aromatic N) is 2. The van der Waals surface area contributed by atoms with Crippen LogP contribution in [-0.2, 0) is 20.7 Å². The smallest absolute Gasteiger partial charge is 0.251 e. The number of carbonyl (C=O) groups is 2. The molecule has 8 heteroatoms. The first-order valence-electron chi connectivity index (χ1n) is 10.0. The van der Waals surface area contributed by atoms with Crippen molar-refractivity contribution in [1.82, 2.24) is 9.80 Å². The molecule has 0 N–H and O–H groups in total. The van der Waals surface area contributed by atoms with E-state index < -0.39 is 0 Å². The fraction of sp³-hybridized carbons (Fsp3) is 0.619. The Balaban J connectivity index is 1.53. The zero-order valence-corrected chi connectivity index (χ0v) is 17.4. The van der Waals surface area contributed by atoms with E-state index >= 15 is 0 Å². The Bertz CT molecular complexity index is 724. The quantitative estimate of drug-likeness (QED) is 0.683. The number of ether oxygens (including phenoxy) is 4. The van der Waals surface area contributed by atoms with E-state index in [1.54, 1.807) is 21.3 Å². The minimum absolute atomic E-state index is 0.0599. The fourth-order valence-corrected chi connectivity index (χ4v) is 3.91. The summed E-state index contributed by atoms with van der Waals surface area (Å²) in [6.07, 6.45) is 2.34. The number of rotatable bonds is 7. The second-order valence-corrected chi connectivity index (χ2v) is 7.20. The molecule has 2 amide bonds. The number of benzene rings is 1. The molecule has 160 valence electrons. The maximum Gasteiger partial charge on any atom is 0.251 e. The van der Waals surface area contributed by atoms with E-state index in [4.69, 9.17) is 18.9 Å². The summed E-state index contributed by atoms with van der Waals surface area (Å²) in [5.41, 5.74) is 0.894. The van der Waals surface area contributed by atoms with Gasteiger partial charge >= 0.3 is 0 Å². The number of piperazine rings is 1. The van der Waals surface area contributed by atoms with Crippen LogP contribution in [0.1, 0.15) is 24.8 Å². The first kappa shape index (κ1) is 21.2. The van der Waals surface area contributed by atoms with Crippen molar-refractivity contribution in [1.29, 1.82) is 0 Å². The molecule has 0 radical (unpaired) electrons. The molecule has 1 aromatic rings. The fourth-order valence-electron chi connectivity index (χ4n) is 3.91. The molecule has 0 aromatic heterocycles. The molecule has 2 saturated heterocycles. The number of hydrogen-bond acceptors (Lipinski definition) is 6. The number of aryl methyl sites for hydroxylation is 1. The highest BCUT2D eigenvalue weighted by Crippen LogP contribution is 2.40. The third-order valence-electron chi connectivity index (χ3n) is 5.54. The number of carbonyl (C=O) groups excluding carboxylic acids is 2. The molecular weight excluding hydrogens is 376 g/mol. The lowest BCUT2D eigenvalue weighted by molar-refractivity contribution is -0.146. The molecule has 1 atom stereocenters. The Labute approximate surface area is 171 Å². The minimum Gasteiger partial charge on any atom is -0.493 e. The second-order valence-electron chi connectivity index (χ2n) is 7.20. The standard InChI is InChI=1S/C21H30N2O6/c1-26-16-8-6-15(19(27-2)20(16)28-3)7-9-18(24)22-10-12-23(13-11-22)21(25)17-5-4-14-29-17/h6,8,17H,4-5,7,9-14H2,1-3H3. The van der Waals surface area contributed by atoms with Gasteiger partial charge in [-0.25, -0.2) is 0 Å². The van der Waals surface area contributed by atoms with Crippen molar-refractivity contribution in [2.75, 3.05) is 54.1 Å². The maximum atomic E-state index is 12.7. The summed E-state index contributed by atoms with van der Waals surface area (Å²) < 4.78 is 21.7. The van der Waals surface area contributed by atoms with Crippen molar-refractivity contribution in [2.45, 2.75) is 31.8 Å². The van der Waals surface area contributed by atoms with Crippen molar-refractivity contribution in [3.05, 3.63) is 17.7 Å². The van der Waals surface area contributed by atoms with Crippen molar-refractivity contribution >= 4 is 11.8 Å². The van der Waals surface area contributed by atoms with Crippen LogP contribution in [0.25, 0.3) is 0 Å². The minimum atomic E-state index is -0.297. The normalized spacial score (nSPS) is 19.2. The number of methoxy groups -OCH3 is 3. The highest BCUT2D eigenvalue weighted by Gasteiger charge is 2.31. The summed E-state index contributed by atoms with van der Waals surface area (Å²) in [6.45, 7) is 2.89. The van der Waals surface area contributed by atoms with Crippen molar-refractivity contribution in [3.63, 3.8) is 0 Å². The van der Waals surface area contributed by atoms with Gasteiger partial charge in [0, 0.05) is 39.2 Å². The van der Waals surface area contributed by atoms with Crippen LogP contribution in [0.2, 0.25) is 0 Å². The molecule has 2 heterocycles. The first-order valence-corrected chi connectivity index (χ1v) is 10.0. The lowest BCUT2D eigenvalue weighted by Gasteiger charge is -2.35. The largest absolute Gasteiger partial charge is 0.493 e. The van der Waals surface area contributed by atoms with E-state index in [1.807, 2.05) is 21.9 Å². The molecule has 2 fully saturated rings. The summed E-state index contributed by atoms with van der Waals surface area (Å²) in [6, 6.07) is 3.71. The molecule has 0 saturated carbocycles. The monoisotopic (exact) mass is 406 g/mol. The third kappa shape index (κ3) is 4.75. The first-order chi connectivity index (χ1) is 14.1. The van der Waals surface area contributed by atoms with Gasteiger partial charge in [-0.2, -0.15) is 0 Å².